The molecule has 0 spiro atoms. The average molecular weight is 356 g/mol. The number of benzene rings is 1. The van der Waals surface area contributed by atoms with Crippen molar-refractivity contribution in [3.05, 3.63) is 41.7 Å². The lowest BCUT2D eigenvalue weighted by atomic mass is 9.85. The molecule has 26 heavy (non-hydrogen) atoms. The molecule has 1 N–H and O–H groups in total. The number of ether oxygens (including phenoxy) is 2. The Labute approximate surface area is 152 Å². The Kier molecular flexibility index (Phi) is 4.55. The van der Waals surface area contributed by atoms with E-state index in [4.69, 9.17) is 9.47 Å². The van der Waals surface area contributed by atoms with Gasteiger partial charge in [0.1, 0.15) is 0 Å². The zero-order chi connectivity index (χ0) is 18.1. The standard InChI is InChI=1S/C19H24N4O3/c1-22-11-15(10-21-22)18-13(6-7-17(24)23(18)2)8-20-9-14-4-3-5-16-19(14)26-12-25-16/h3-5,10-11,13,18,20H,6-9,12H2,1-2H3/t13-,18+/m1/s1. The minimum Gasteiger partial charge on any atom is -0.454 e. The quantitative estimate of drug-likeness (QED) is 0.885. The molecular formula is C19H24N4O3. The summed E-state index contributed by atoms with van der Waals surface area (Å²) < 4.78 is 12.8. The lowest BCUT2D eigenvalue weighted by Gasteiger charge is -2.38. The highest BCUT2D eigenvalue weighted by Crippen LogP contribution is 2.37. The topological polar surface area (TPSA) is 68.6 Å². The van der Waals surface area contributed by atoms with Gasteiger partial charge in [-0.1, -0.05) is 12.1 Å². The molecule has 0 saturated carbocycles. The Morgan fingerprint density at radius 2 is 2.19 bits per heavy atom. The van der Waals surface area contributed by atoms with Gasteiger partial charge in [0.25, 0.3) is 0 Å². The highest BCUT2D eigenvalue weighted by Gasteiger charge is 2.35. The Bertz CT molecular complexity index is 804. The largest absolute Gasteiger partial charge is 0.454 e. The third-order valence-corrected chi connectivity index (χ3v) is 5.25. The number of likely N-dealkylation sites (tertiary alicyclic amines) is 1. The molecule has 0 aliphatic carbocycles. The fourth-order valence-electron chi connectivity index (χ4n) is 3.94. The Balaban J connectivity index is 1.44. The molecule has 7 nitrogen and oxygen atoms in total. The number of piperidine rings is 1. The molecule has 2 aromatic rings. The van der Waals surface area contributed by atoms with Crippen LogP contribution in [0.3, 0.4) is 0 Å². The molecule has 2 aliphatic rings. The van der Waals surface area contributed by atoms with Gasteiger partial charge in [-0.15, -0.1) is 0 Å². The third kappa shape index (κ3) is 3.14. The summed E-state index contributed by atoms with van der Waals surface area (Å²) in [6.45, 7) is 1.81. The molecule has 2 atom stereocenters. The fourth-order valence-corrected chi connectivity index (χ4v) is 3.94. The van der Waals surface area contributed by atoms with Crippen LogP contribution in [0.1, 0.15) is 30.0 Å². The smallest absolute Gasteiger partial charge is 0.231 e. The number of rotatable bonds is 5. The van der Waals surface area contributed by atoms with E-state index in [1.54, 1.807) is 4.68 Å². The number of amides is 1. The molecule has 1 saturated heterocycles. The number of nitrogens with zero attached hydrogens (tertiary/aromatic N) is 3. The first-order chi connectivity index (χ1) is 12.6. The Morgan fingerprint density at radius 1 is 1.31 bits per heavy atom. The van der Waals surface area contributed by atoms with E-state index in [9.17, 15) is 4.79 Å². The summed E-state index contributed by atoms with van der Waals surface area (Å²) in [6, 6.07) is 6.01. The average Bonchev–Trinajstić information content (AvgIpc) is 3.27. The van der Waals surface area contributed by atoms with Gasteiger partial charge in [0.15, 0.2) is 11.5 Å². The summed E-state index contributed by atoms with van der Waals surface area (Å²) in [5.41, 5.74) is 2.19. The van der Waals surface area contributed by atoms with Crippen LogP contribution in [0.25, 0.3) is 0 Å². The second-order valence-corrected chi connectivity index (χ2v) is 6.98. The van der Waals surface area contributed by atoms with E-state index in [-0.39, 0.29) is 18.7 Å². The Hall–Kier alpha value is -2.54. The van der Waals surface area contributed by atoms with Crippen molar-refractivity contribution in [1.82, 2.24) is 20.0 Å². The van der Waals surface area contributed by atoms with Gasteiger partial charge in [0.2, 0.25) is 12.7 Å². The summed E-state index contributed by atoms with van der Waals surface area (Å²) in [4.78, 5) is 14.1. The van der Waals surface area contributed by atoms with Crippen molar-refractivity contribution in [2.75, 3.05) is 20.4 Å². The van der Waals surface area contributed by atoms with Crippen LogP contribution in [0.4, 0.5) is 0 Å². The van der Waals surface area contributed by atoms with Crippen LogP contribution in [-0.2, 0) is 18.4 Å². The molecule has 1 aromatic heterocycles. The van der Waals surface area contributed by atoms with Gasteiger partial charge >= 0.3 is 0 Å². The number of para-hydroxylation sites is 1. The second-order valence-electron chi connectivity index (χ2n) is 6.98. The van der Waals surface area contributed by atoms with E-state index in [0.717, 1.165) is 35.6 Å². The number of carbonyl (C=O) groups is 1. The van der Waals surface area contributed by atoms with Gasteiger partial charge in [-0.3, -0.25) is 9.48 Å². The van der Waals surface area contributed by atoms with E-state index in [1.165, 1.54) is 0 Å². The lowest BCUT2D eigenvalue weighted by Crippen LogP contribution is -2.43. The number of hydrogen-bond donors (Lipinski definition) is 1. The monoisotopic (exact) mass is 356 g/mol. The summed E-state index contributed by atoms with van der Waals surface area (Å²) in [7, 11) is 3.79. The molecule has 7 heteroatoms. The normalized spacial score (nSPS) is 22.1. The number of carbonyl (C=O) groups excluding carboxylic acids is 1. The minimum absolute atomic E-state index is 0.0542. The highest BCUT2D eigenvalue weighted by molar-refractivity contribution is 5.77. The van der Waals surface area contributed by atoms with Crippen molar-refractivity contribution in [3.8, 4) is 11.5 Å². The van der Waals surface area contributed by atoms with E-state index in [0.29, 0.717) is 18.9 Å². The first-order valence-electron chi connectivity index (χ1n) is 8.96. The molecule has 3 heterocycles. The summed E-state index contributed by atoms with van der Waals surface area (Å²) in [5.74, 6) is 2.18. The number of nitrogens with one attached hydrogen (secondary N) is 1. The van der Waals surface area contributed by atoms with Crippen molar-refractivity contribution >= 4 is 5.91 Å². The van der Waals surface area contributed by atoms with Crippen LogP contribution in [0.2, 0.25) is 0 Å². The maximum absolute atomic E-state index is 12.2. The number of hydrogen-bond acceptors (Lipinski definition) is 5. The van der Waals surface area contributed by atoms with Crippen molar-refractivity contribution in [1.29, 1.82) is 0 Å². The highest BCUT2D eigenvalue weighted by atomic mass is 16.7. The van der Waals surface area contributed by atoms with Crippen molar-refractivity contribution in [2.45, 2.75) is 25.4 Å². The van der Waals surface area contributed by atoms with E-state index in [1.807, 2.05) is 43.5 Å². The van der Waals surface area contributed by atoms with Gasteiger partial charge in [-0.2, -0.15) is 5.10 Å². The molecule has 1 amide bonds. The van der Waals surface area contributed by atoms with Gasteiger partial charge in [-0.25, -0.2) is 0 Å². The Morgan fingerprint density at radius 3 is 3.00 bits per heavy atom. The summed E-state index contributed by atoms with van der Waals surface area (Å²) in [5, 5.41) is 7.82. The first kappa shape index (κ1) is 16.9. The van der Waals surface area contributed by atoms with Crippen molar-refractivity contribution in [3.63, 3.8) is 0 Å². The van der Waals surface area contributed by atoms with Crippen LogP contribution in [0.15, 0.2) is 30.6 Å². The van der Waals surface area contributed by atoms with Gasteiger partial charge in [0, 0.05) is 50.9 Å². The van der Waals surface area contributed by atoms with Crippen LogP contribution < -0.4 is 14.8 Å². The van der Waals surface area contributed by atoms with E-state index < -0.39 is 0 Å². The molecule has 0 unspecified atom stereocenters. The zero-order valence-corrected chi connectivity index (χ0v) is 15.1. The minimum atomic E-state index is 0.0542. The number of aromatic nitrogens is 2. The van der Waals surface area contributed by atoms with Gasteiger partial charge in [-0.05, 0) is 18.4 Å². The zero-order valence-electron chi connectivity index (χ0n) is 15.1. The number of fused-ring (bicyclic) bond motifs is 1. The predicted molar refractivity (Wildman–Crippen MR) is 95.7 cm³/mol. The molecule has 2 aliphatic heterocycles. The molecule has 4 rings (SSSR count). The lowest BCUT2D eigenvalue weighted by molar-refractivity contribution is -0.137. The molecule has 0 bridgehead atoms. The van der Waals surface area contributed by atoms with Crippen LogP contribution in [-0.4, -0.2) is 41.0 Å². The van der Waals surface area contributed by atoms with Gasteiger partial charge in [0.05, 0.1) is 12.2 Å². The van der Waals surface area contributed by atoms with Crippen molar-refractivity contribution < 1.29 is 14.3 Å². The molecular weight excluding hydrogens is 332 g/mol. The maximum atomic E-state index is 12.2. The van der Waals surface area contributed by atoms with E-state index >= 15 is 0 Å². The third-order valence-electron chi connectivity index (χ3n) is 5.25. The number of aryl methyl sites for hydroxylation is 1. The SMILES string of the molecule is CN1C(=O)CC[C@H](CNCc2cccc3c2OCO3)[C@H]1c1cnn(C)c1. The molecule has 0 radical (unpaired) electrons. The molecule has 1 fully saturated rings. The van der Waals surface area contributed by atoms with Crippen LogP contribution in [0.5, 0.6) is 11.5 Å². The van der Waals surface area contributed by atoms with Gasteiger partial charge < -0.3 is 19.7 Å². The summed E-state index contributed by atoms with van der Waals surface area (Å²) in [6.07, 6.45) is 5.34. The van der Waals surface area contributed by atoms with Crippen LogP contribution in [0, 0.1) is 5.92 Å². The maximum Gasteiger partial charge on any atom is 0.231 e. The predicted octanol–water partition coefficient (Wildman–Crippen LogP) is 1.85. The van der Waals surface area contributed by atoms with Crippen LogP contribution >= 0.6 is 0 Å². The van der Waals surface area contributed by atoms with Crippen molar-refractivity contribution in [2.24, 2.45) is 13.0 Å². The molecule has 138 valence electrons. The first-order valence-corrected chi connectivity index (χ1v) is 8.96. The summed E-state index contributed by atoms with van der Waals surface area (Å²) >= 11 is 0. The fraction of sp³-hybridized carbons (Fsp3) is 0.474. The van der Waals surface area contributed by atoms with E-state index in [2.05, 4.69) is 16.5 Å². The second kappa shape index (κ2) is 6.99. The molecule has 1 aromatic carbocycles.